The van der Waals surface area contributed by atoms with Gasteiger partial charge in [0.25, 0.3) is 0 Å². The molecular weight excluding hydrogens is 262 g/mol. The Kier molecular flexibility index (Phi) is 4.58. The number of hydrogen-bond donors (Lipinski definition) is 2. The van der Waals surface area contributed by atoms with Crippen LogP contribution < -0.4 is 11.1 Å². The molecule has 3 N–H and O–H groups in total. The zero-order chi connectivity index (χ0) is 13.8. The molecule has 0 aliphatic rings. The molecule has 2 rings (SSSR count). The van der Waals surface area contributed by atoms with Crippen molar-refractivity contribution in [2.45, 2.75) is 13.0 Å². The monoisotopic (exact) mass is 279 g/mol. The van der Waals surface area contributed by atoms with E-state index in [9.17, 15) is 0 Å². The van der Waals surface area contributed by atoms with Gasteiger partial charge in [0.15, 0.2) is 0 Å². The van der Waals surface area contributed by atoms with Crippen LogP contribution in [0.1, 0.15) is 18.5 Å². The van der Waals surface area contributed by atoms with Gasteiger partial charge in [-0.25, -0.2) is 4.98 Å². The Morgan fingerprint density at radius 2 is 2.26 bits per heavy atom. The van der Waals surface area contributed by atoms with E-state index in [0.29, 0.717) is 18.2 Å². The third kappa shape index (κ3) is 3.15. The molecule has 1 aromatic heterocycles. The van der Waals surface area contributed by atoms with Crippen LogP contribution in [0.4, 0.5) is 5.82 Å². The first-order valence-corrected chi connectivity index (χ1v) is 6.59. The third-order valence-electron chi connectivity index (χ3n) is 2.92. The van der Waals surface area contributed by atoms with Crippen LogP contribution in [0.25, 0.3) is 10.9 Å². The Morgan fingerprint density at radius 3 is 2.95 bits per heavy atom. The fraction of sp³-hybridized carbons (Fsp3) is 0.357. The number of halogens is 1. The molecule has 0 bridgehead atoms. The van der Waals surface area contributed by atoms with Crippen molar-refractivity contribution in [3.63, 3.8) is 0 Å². The van der Waals surface area contributed by atoms with E-state index >= 15 is 0 Å². The lowest BCUT2D eigenvalue weighted by molar-refractivity contribution is 0.210. The van der Waals surface area contributed by atoms with Gasteiger partial charge in [0.2, 0.25) is 0 Å². The number of nitrogens with one attached hydrogen (secondary N) is 1. The summed E-state index contributed by atoms with van der Waals surface area (Å²) in [5.74, 6) is 0.771. The molecule has 0 spiro atoms. The minimum atomic E-state index is -0.0964. The second kappa shape index (κ2) is 6.19. The quantitative estimate of drug-likeness (QED) is 0.826. The molecular formula is C14H18ClN3O. The summed E-state index contributed by atoms with van der Waals surface area (Å²) in [5, 5.41) is 4.88. The molecule has 5 heteroatoms. The molecule has 1 atom stereocenters. The van der Waals surface area contributed by atoms with Crippen molar-refractivity contribution >= 4 is 28.3 Å². The highest BCUT2D eigenvalue weighted by Gasteiger charge is 2.11. The molecule has 0 aliphatic carbocycles. The minimum absolute atomic E-state index is 0.0964. The molecule has 1 unspecified atom stereocenters. The number of fused-ring (bicyclic) bond motifs is 1. The van der Waals surface area contributed by atoms with Gasteiger partial charge in [-0.05, 0) is 19.1 Å². The smallest absolute Gasteiger partial charge is 0.131 e. The zero-order valence-corrected chi connectivity index (χ0v) is 11.9. The highest BCUT2D eigenvalue weighted by atomic mass is 35.5. The van der Waals surface area contributed by atoms with Crippen LogP contribution in [0.3, 0.4) is 0 Å². The van der Waals surface area contributed by atoms with E-state index in [-0.39, 0.29) is 6.04 Å². The molecule has 4 nitrogen and oxygen atoms in total. The summed E-state index contributed by atoms with van der Waals surface area (Å²) in [4.78, 5) is 4.59. The molecule has 0 aliphatic heterocycles. The average Bonchev–Trinajstić information content (AvgIpc) is 2.39. The zero-order valence-electron chi connectivity index (χ0n) is 11.1. The Bertz CT molecular complexity index is 572. The summed E-state index contributed by atoms with van der Waals surface area (Å²) in [5.41, 5.74) is 7.77. The van der Waals surface area contributed by atoms with Crippen molar-refractivity contribution in [3.8, 4) is 0 Å². The number of ether oxygens (including phenoxy) is 1. The van der Waals surface area contributed by atoms with E-state index in [4.69, 9.17) is 22.1 Å². The third-order valence-corrected chi connectivity index (χ3v) is 3.22. The summed E-state index contributed by atoms with van der Waals surface area (Å²) < 4.78 is 5.03. The van der Waals surface area contributed by atoms with Gasteiger partial charge < -0.3 is 15.8 Å². The molecule has 2 aromatic rings. The number of nitrogens with zero attached hydrogens (tertiary/aromatic N) is 1. The molecule has 0 radical (unpaired) electrons. The van der Waals surface area contributed by atoms with E-state index in [2.05, 4.69) is 10.3 Å². The maximum atomic E-state index is 6.18. The van der Waals surface area contributed by atoms with Gasteiger partial charge >= 0.3 is 0 Å². The summed E-state index contributed by atoms with van der Waals surface area (Å²) in [6, 6.07) is 7.67. The summed E-state index contributed by atoms with van der Waals surface area (Å²) in [6.07, 6.45) is 0. The Morgan fingerprint density at radius 1 is 1.47 bits per heavy atom. The van der Waals surface area contributed by atoms with Crippen molar-refractivity contribution in [1.82, 2.24) is 4.98 Å². The number of anilines is 1. The van der Waals surface area contributed by atoms with Gasteiger partial charge in [-0.3, -0.25) is 0 Å². The highest BCUT2D eigenvalue weighted by Crippen LogP contribution is 2.28. The van der Waals surface area contributed by atoms with Crippen molar-refractivity contribution in [3.05, 3.63) is 34.9 Å². The molecule has 19 heavy (non-hydrogen) atoms. The molecule has 1 aromatic carbocycles. The Balaban J connectivity index is 2.46. The maximum absolute atomic E-state index is 6.18. The summed E-state index contributed by atoms with van der Waals surface area (Å²) >= 11 is 6.18. The first-order chi connectivity index (χ1) is 9.13. The van der Waals surface area contributed by atoms with Crippen molar-refractivity contribution < 1.29 is 4.74 Å². The van der Waals surface area contributed by atoms with Gasteiger partial charge in [0, 0.05) is 30.6 Å². The first kappa shape index (κ1) is 14.1. The summed E-state index contributed by atoms with van der Waals surface area (Å²) in [6.45, 7) is 3.23. The average molecular weight is 280 g/mol. The molecule has 102 valence electrons. The molecule has 0 amide bonds. The van der Waals surface area contributed by atoms with Gasteiger partial charge in [-0.1, -0.05) is 23.7 Å². The van der Waals surface area contributed by atoms with Crippen LogP contribution >= 0.6 is 11.6 Å². The van der Waals surface area contributed by atoms with Crippen LogP contribution in [-0.2, 0) is 4.74 Å². The van der Waals surface area contributed by atoms with E-state index in [1.54, 1.807) is 7.11 Å². The van der Waals surface area contributed by atoms with E-state index in [1.807, 2.05) is 31.2 Å². The lowest BCUT2D eigenvalue weighted by Gasteiger charge is -2.15. The predicted octanol–water partition coefficient (Wildman–Crippen LogP) is 2.97. The van der Waals surface area contributed by atoms with Gasteiger partial charge in [-0.2, -0.15) is 0 Å². The maximum Gasteiger partial charge on any atom is 0.131 e. The van der Waals surface area contributed by atoms with E-state index in [0.717, 1.165) is 22.3 Å². The number of para-hydroxylation sites is 1. The largest absolute Gasteiger partial charge is 0.383 e. The fourth-order valence-electron chi connectivity index (χ4n) is 1.94. The van der Waals surface area contributed by atoms with Gasteiger partial charge in [-0.15, -0.1) is 0 Å². The van der Waals surface area contributed by atoms with Crippen molar-refractivity contribution in [2.24, 2.45) is 5.73 Å². The van der Waals surface area contributed by atoms with Crippen LogP contribution in [0.5, 0.6) is 0 Å². The molecule has 0 fully saturated rings. The highest BCUT2D eigenvalue weighted by molar-refractivity contribution is 6.35. The van der Waals surface area contributed by atoms with Crippen LogP contribution in [-0.4, -0.2) is 25.2 Å². The minimum Gasteiger partial charge on any atom is -0.383 e. The fourth-order valence-corrected chi connectivity index (χ4v) is 2.16. The lowest BCUT2D eigenvalue weighted by atomic mass is 10.1. The number of rotatable bonds is 5. The van der Waals surface area contributed by atoms with Crippen LogP contribution in [0.15, 0.2) is 24.3 Å². The lowest BCUT2D eigenvalue weighted by Crippen LogP contribution is -2.14. The normalized spacial score (nSPS) is 12.6. The topological polar surface area (TPSA) is 60.2 Å². The van der Waals surface area contributed by atoms with Crippen LogP contribution in [0, 0.1) is 0 Å². The molecule has 0 saturated carbocycles. The van der Waals surface area contributed by atoms with E-state index < -0.39 is 0 Å². The Labute approximate surface area is 117 Å². The van der Waals surface area contributed by atoms with Crippen molar-refractivity contribution in [2.75, 3.05) is 25.6 Å². The SMILES string of the molecule is COCCNc1nc2c(Cl)cccc2cc1C(C)N. The number of pyridine rings is 1. The Hall–Kier alpha value is -1.36. The first-order valence-electron chi connectivity index (χ1n) is 6.21. The second-order valence-electron chi connectivity index (χ2n) is 4.45. The van der Waals surface area contributed by atoms with E-state index in [1.165, 1.54) is 0 Å². The number of nitrogens with two attached hydrogens (primary N) is 1. The predicted molar refractivity (Wildman–Crippen MR) is 79.7 cm³/mol. The number of aromatic nitrogens is 1. The van der Waals surface area contributed by atoms with Gasteiger partial charge in [0.05, 0.1) is 17.1 Å². The number of methoxy groups -OCH3 is 1. The number of benzene rings is 1. The second-order valence-corrected chi connectivity index (χ2v) is 4.85. The number of hydrogen-bond acceptors (Lipinski definition) is 4. The molecule has 0 saturated heterocycles. The van der Waals surface area contributed by atoms with Crippen molar-refractivity contribution in [1.29, 1.82) is 0 Å². The molecule has 1 heterocycles. The van der Waals surface area contributed by atoms with Gasteiger partial charge in [0.1, 0.15) is 5.82 Å². The van der Waals surface area contributed by atoms with Crippen LogP contribution in [0.2, 0.25) is 5.02 Å². The summed E-state index contributed by atoms with van der Waals surface area (Å²) in [7, 11) is 1.67. The standard InChI is InChI=1S/C14H18ClN3O/c1-9(16)11-8-10-4-3-5-12(15)13(10)18-14(11)17-6-7-19-2/h3-5,8-9H,6-7,16H2,1-2H3,(H,17,18).